The maximum Gasteiger partial charge on any atom is 0.303 e. The number of rotatable bonds is 11. The zero-order valence-electron chi connectivity index (χ0n) is 16.4. The lowest BCUT2D eigenvalue weighted by Gasteiger charge is -2.19. The van der Waals surface area contributed by atoms with E-state index in [9.17, 15) is 20.1 Å². The van der Waals surface area contributed by atoms with Crippen LogP contribution in [-0.4, -0.2) is 44.7 Å². The van der Waals surface area contributed by atoms with E-state index in [0.717, 1.165) is 6.42 Å². The summed E-state index contributed by atoms with van der Waals surface area (Å²) < 4.78 is 0. The highest BCUT2D eigenvalue weighted by Crippen LogP contribution is 2.36. The van der Waals surface area contributed by atoms with Crippen molar-refractivity contribution in [1.82, 2.24) is 0 Å². The Morgan fingerprint density at radius 2 is 2.07 bits per heavy atom. The van der Waals surface area contributed by atoms with Crippen molar-refractivity contribution in [3.05, 3.63) is 46.2 Å². The Bertz CT molecular complexity index is 666. The van der Waals surface area contributed by atoms with Gasteiger partial charge in [0, 0.05) is 28.5 Å². The van der Waals surface area contributed by atoms with Gasteiger partial charge in [-0.15, -0.1) is 11.3 Å². The van der Waals surface area contributed by atoms with Gasteiger partial charge in [0.2, 0.25) is 0 Å². The molecule has 5 nitrogen and oxygen atoms in total. The van der Waals surface area contributed by atoms with Gasteiger partial charge >= 0.3 is 5.97 Å². The largest absolute Gasteiger partial charge is 0.481 e. The molecule has 1 fully saturated rings. The first kappa shape index (κ1) is 22.8. The number of allylic oxidation sites excluding steroid dienone is 2. The Kier molecular flexibility index (Phi) is 9.38. The van der Waals surface area contributed by atoms with Crippen LogP contribution < -0.4 is 0 Å². The molecule has 0 aromatic carbocycles. The third-order valence-electron chi connectivity index (χ3n) is 5.29. The fraction of sp³-hybridized carbons (Fsp3) is 0.591. The first-order chi connectivity index (χ1) is 13.4. The standard InChI is InChI=1S/C22H32O5S/c1-15-8-11-17(28-15)12-9-16(23)10-13-19-18(20(24)14-21(19)25)6-4-2-3-5-7-22(26)27/h2,4,8,10-11,13,16,18-21,23-25H,3,5-7,9,12,14H2,1H3,(H,26,27)/t16?,18-,19-,20?,21?/m1/s1. The number of carbonyl (C=O) groups is 1. The van der Waals surface area contributed by atoms with E-state index in [4.69, 9.17) is 5.11 Å². The van der Waals surface area contributed by atoms with E-state index in [1.54, 1.807) is 17.4 Å². The average Bonchev–Trinajstić information content (AvgIpc) is 3.16. The highest BCUT2D eigenvalue weighted by molar-refractivity contribution is 7.11. The van der Waals surface area contributed by atoms with Crippen molar-refractivity contribution in [2.24, 2.45) is 11.8 Å². The smallest absolute Gasteiger partial charge is 0.303 e. The Morgan fingerprint density at radius 1 is 1.29 bits per heavy atom. The summed E-state index contributed by atoms with van der Waals surface area (Å²) in [6, 6.07) is 4.17. The van der Waals surface area contributed by atoms with Crippen molar-refractivity contribution in [2.75, 3.05) is 0 Å². The number of aliphatic hydroxyl groups excluding tert-OH is 3. The Labute approximate surface area is 171 Å². The Balaban J connectivity index is 1.81. The summed E-state index contributed by atoms with van der Waals surface area (Å²) in [6.45, 7) is 2.07. The van der Waals surface area contributed by atoms with E-state index in [-0.39, 0.29) is 18.3 Å². The third-order valence-corrected chi connectivity index (χ3v) is 6.35. The molecular formula is C22H32O5S. The van der Waals surface area contributed by atoms with Crippen LogP contribution in [0.25, 0.3) is 0 Å². The molecule has 0 radical (unpaired) electrons. The monoisotopic (exact) mass is 408 g/mol. The number of carboxylic acids is 1. The number of hydrogen-bond acceptors (Lipinski definition) is 5. The predicted molar refractivity (Wildman–Crippen MR) is 111 cm³/mol. The highest BCUT2D eigenvalue weighted by atomic mass is 32.1. The fourth-order valence-corrected chi connectivity index (χ4v) is 4.62. The van der Waals surface area contributed by atoms with E-state index in [1.165, 1.54) is 9.75 Å². The number of aliphatic carboxylic acids is 1. The minimum absolute atomic E-state index is 0.0888. The van der Waals surface area contributed by atoms with Crippen molar-refractivity contribution in [1.29, 1.82) is 0 Å². The van der Waals surface area contributed by atoms with Gasteiger partial charge in [0.25, 0.3) is 0 Å². The van der Waals surface area contributed by atoms with Gasteiger partial charge in [0.15, 0.2) is 0 Å². The molecule has 1 aliphatic rings. The van der Waals surface area contributed by atoms with Gasteiger partial charge in [-0.25, -0.2) is 0 Å². The van der Waals surface area contributed by atoms with E-state index in [2.05, 4.69) is 19.1 Å². The maximum absolute atomic E-state index is 10.5. The third kappa shape index (κ3) is 7.51. The summed E-state index contributed by atoms with van der Waals surface area (Å²) in [4.78, 5) is 13.0. The van der Waals surface area contributed by atoms with Gasteiger partial charge < -0.3 is 20.4 Å². The molecule has 1 aliphatic carbocycles. The first-order valence-electron chi connectivity index (χ1n) is 10.0. The topological polar surface area (TPSA) is 98.0 Å². The molecule has 6 heteroatoms. The molecule has 0 saturated heterocycles. The van der Waals surface area contributed by atoms with Crippen LogP contribution in [0.2, 0.25) is 0 Å². The van der Waals surface area contributed by atoms with Crippen molar-refractivity contribution in [3.8, 4) is 0 Å². The van der Waals surface area contributed by atoms with E-state index in [1.807, 2.05) is 18.2 Å². The molecule has 5 atom stereocenters. The lowest BCUT2D eigenvalue weighted by atomic mass is 9.89. The molecule has 3 unspecified atom stereocenters. The number of carboxylic acid groups (broad SMARTS) is 1. The van der Waals surface area contributed by atoms with Crippen LogP contribution in [-0.2, 0) is 11.2 Å². The second kappa shape index (κ2) is 11.5. The lowest BCUT2D eigenvalue weighted by Crippen LogP contribution is -2.20. The molecule has 1 heterocycles. The summed E-state index contributed by atoms with van der Waals surface area (Å²) in [7, 11) is 0. The molecular weight excluding hydrogens is 376 g/mol. The fourth-order valence-electron chi connectivity index (χ4n) is 3.71. The van der Waals surface area contributed by atoms with E-state index < -0.39 is 24.3 Å². The van der Waals surface area contributed by atoms with Crippen LogP contribution in [0.1, 0.15) is 48.3 Å². The normalized spacial score (nSPS) is 26.4. The minimum atomic E-state index is -0.791. The van der Waals surface area contributed by atoms with Crippen molar-refractivity contribution in [3.63, 3.8) is 0 Å². The van der Waals surface area contributed by atoms with Gasteiger partial charge in [0.1, 0.15) is 0 Å². The zero-order chi connectivity index (χ0) is 20.5. The van der Waals surface area contributed by atoms with Crippen LogP contribution in [0.4, 0.5) is 0 Å². The number of aliphatic hydroxyl groups is 3. The van der Waals surface area contributed by atoms with Crippen LogP contribution >= 0.6 is 11.3 Å². The van der Waals surface area contributed by atoms with Crippen LogP contribution in [0, 0.1) is 18.8 Å². The van der Waals surface area contributed by atoms with Gasteiger partial charge in [-0.1, -0.05) is 24.3 Å². The number of unbranched alkanes of at least 4 members (excludes halogenated alkanes) is 1. The highest BCUT2D eigenvalue weighted by Gasteiger charge is 2.39. The van der Waals surface area contributed by atoms with Crippen molar-refractivity contribution < 1.29 is 25.2 Å². The molecule has 0 amide bonds. The van der Waals surface area contributed by atoms with Gasteiger partial charge in [0.05, 0.1) is 18.3 Å². The van der Waals surface area contributed by atoms with Crippen LogP contribution in [0.15, 0.2) is 36.4 Å². The Hall–Kier alpha value is -1.47. The second-order valence-corrected chi connectivity index (χ2v) is 8.98. The van der Waals surface area contributed by atoms with Crippen molar-refractivity contribution >= 4 is 17.3 Å². The second-order valence-electron chi connectivity index (χ2n) is 7.61. The van der Waals surface area contributed by atoms with Crippen molar-refractivity contribution in [2.45, 2.75) is 70.2 Å². The first-order valence-corrected chi connectivity index (χ1v) is 10.8. The summed E-state index contributed by atoms with van der Waals surface area (Å²) in [5.74, 6) is -1.06. The van der Waals surface area contributed by atoms with Gasteiger partial charge in [-0.3, -0.25) is 4.79 Å². The van der Waals surface area contributed by atoms with Gasteiger partial charge in [-0.05, 0) is 57.1 Å². The molecule has 1 aromatic heterocycles. The SMILES string of the molecule is Cc1ccc(CCC(O)C=C[C@H]2C(O)CC(O)[C@@H]2CC=CCCCC(=O)O)s1. The quantitative estimate of drug-likeness (QED) is 0.332. The number of thiophene rings is 1. The Morgan fingerprint density at radius 3 is 2.75 bits per heavy atom. The molecule has 1 aromatic rings. The average molecular weight is 409 g/mol. The van der Waals surface area contributed by atoms with Crippen LogP contribution in [0.3, 0.4) is 0 Å². The molecule has 0 bridgehead atoms. The maximum atomic E-state index is 10.5. The number of hydrogen-bond donors (Lipinski definition) is 4. The van der Waals surface area contributed by atoms with Gasteiger partial charge in [-0.2, -0.15) is 0 Å². The molecule has 1 saturated carbocycles. The number of aryl methyl sites for hydroxylation is 2. The summed E-state index contributed by atoms with van der Waals surface area (Å²) in [6.07, 6.45) is 9.64. The summed E-state index contributed by atoms with van der Waals surface area (Å²) in [5.41, 5.74) is 0. The predicted octanol–water partition coefficient (Wildman–Crippen LogP) is 3.47. The molecule has 0 spiro atoms. The lowest BCUT2D eigenvalue weighted by molar-refractivity contribution is -0.137. The van der Waals surface area contributed by atoms with E-state index in [0.29, 0.717) is 32.1 Å². The summed E-state index contributed by atoms with van der Waals surface area (Å²) >= 11 is 1.74. The molecule has 28 heavy (non-hydrogen) atoms. The van der Waals surface area contributed by atoms with E-state index >= 15 is 0 Å². The van der Waals surface area contributed by atoms with Crippen LogP contribution in [0.5, 0.6) is 0 Å². The molecule has 0 aliphatic heterocycles. The molecule has 156 valence electrons. The minimum Gasteiger partial charge on any atom is -0.481 e. The summed E-state index contributed by atoms with van der Waals surface area (Å²) in [5, 5.41) is 39.4. The molecule has 2 rings (SSSR count). The molecule has 4 N–H and O–H groups in total. The zero-order valence-corrected chi connectivity index (χ0v) is 17.2.